The van der Waals surface area contributed by atoms with Gasteiger partial charge in [-0.1, -0.05) is 6.07 Å². The number of carbonyl (C=O) groups excluding carboxylic acids is 1. The molecule has 5 nitrogen and oxygen atoms in total. The van der Waals surface area contributed by atoms with Crippen LogP contribution in [0.15, 0.2) is 42.5 Å². The van der Waals surface area contributed by atoms with Gasteiger partial charge in [0, 0.05) is 0 Å². The summed E-state index contributed by atoms with van der Waals surface area (Å²) in [6.07, 6.45) is 0. The highest BCUT2D eigenvalue weighted by Crippen LogP contribution is 2.30. The maximum atomic E-state index is 11.5. The molecule has 0 aliphatic carbocycles. The molecule has 100 valence electrons. The Balaban J connectivity index is 2.29. The summed E-state index contributed by atoms with van der Waals surface area (Å²) in [5.41, 5.74) is 6.88. The molecule has 20 heavy (non-hydrogen) atoms. The summed E-state index contributed by atoms with van der Waals surface area (Å²) in [7, 11) is 1.29. The lowest BCUT2D eigenvalue weighted by Crippen LogP contribution is -2.06. The Kier molecular flexibility index (Phi) is 3.87. The molecular formula is C15H12N2O3. The van der Waals surface area contributed by atoms with Gasteiger partial charge in [-0.15, -0.1) is 0 Å². The first-order chi connectivity index (χ1) is 9.65. The van der Waals surface area contributed by atoms with E-state index in [2.05, 4.69) is 4.74 Å². The van der Waals surface area contributed by atoms with Crippen LogP contribution in [0, 0.1) is 11.3 Å². The molecule has 5 heteroatoms. The van der Waals surface area contributed by atoms with Crippen molar-refractivity contribution in [1.29, 1.82) is 5.26 Å². The van der Waals surface area contributed by atoms with Crippen LogP contribution in [0.5, 0.6) is 11.5 Å². The zero-order valence-corrected chi connectivity index (χ0v) is 10.8. The molecule has 0 unspecified atom stereocenters. The zero-order chi connectivity index (χ0) is 14.5. The number of benzene rings is 2. The summed E-state index contributed by atoms with van der Waals surface area (Å²) in [4.78, 5) is 11.5. The molecule has 0 amide bonds. The van der Waals surface area contributed by atoms with Crippen molar-refractivity contribution in [1.82, 2.24) is 0 Å². The average molecular weight is 268 g/mol. The van der Waals surface area contributed by atoms with E-state index in [1.54, 1.807) is 42.5 Å². The van der Waals surface area contributed by atoms with Gasteiger partial charge in [-0.3, -0.25) is 0 Å². The third-order valence-electron chi connectivity index (χ3n) is 2.68. The van der Waals surface area contributed by atoms with E-state index < -0.39 is 5.97 Å². The summed E-state index contributed by atoms with van der Waals surface area (Å²) < 4.78 is 10.2. The fourth-order valence-corrected chi connectivity index (χ4v) is 1.65. The molecule has 0 heterocycles. The number of nitriles is 1. The lowest BCUT2D eigenvalue weighted by Gasteiger charge is -2.11. The van der Waals surface area contributed by atoms with E-state index in [1.165, 1.54) is 7.11 Å². The predicted molar refractivity (Wildman–Crippen MR) is 73.4 cm³/mol. The molecular weight excluding hydrogens is 256 g/mol. The first-order valence-corrected chi connectivity index (χ1v) is 5.80. The zero-order valence-electron chi connectivity index (χ0n) is 10.8. The van der Waals surface area contributed by atoms with E-state index in [1.807, 2.05) is 6.07 Å². The molecule has 0 saturated heterocycles. The van der Waals surface area contributed by atoms with Gasteiger partial charge in [0.25, 0.3) is 0 Å². The van der Waals surface area contributed by atoms with Gasteiger partial charge < -0.3 is 15.2 Å². The molecule has 0 bridgehead atoms. The van der Waals surface area contributed by atoms with Crippen molar-refractivity contribution in [2.45, 2.75) is 0 Å². The summed E-state index contributed by atoms with van der Waals surface area (Å²) in [6.45, 7) is 0. The Morgan fingerprint density at radius 1 is 1.20 bits per heavy atom. The van der Waals surface area contributed by atoms with E-state index in [0.29, 0.717) is 17.1 Å². The van der Waals surface area contributed by atoms with E-state index >= 15 is 0 Å². The second-order valence-electron chi connectivity index (χ2n) is 3.95. The molecule has 0 aliphatic heterocycles. The smallest absolute Gasteiger partial charge is 0.340 e. The van der Waals surface area contributed by atoms with Gasteiger partial charge in [0.05, 0.1) is 30.0 Å². The maximum absolute atomic E-state index is 11.5. The largest absolute Gasteiger partial charge is 0.465 e. The number of carbonyl (C=O) groups is 1. The fourth-order valence-electron chi connectivity index (χ4n) is 1.65. The highest BCUT2D eigenvalue weighted by Gasteiger charge is 2.13. The Labute approximate surface area is 116 Å². The highest BCUT2D eigenvalue weighted by molar-refractivity contribution is 5.96. The molecule has 0 aromatic heterocycles. The number of nitrogens with zero attached hydrogens (tertiary/aromatic N) is 1. The Hall–Kier alpha value is -3.00. The van der Waals surface area contributed by atoms with Gasteiger partial charge in [-0.25, -0.2) is 4.79 Å². The normalized spacial score (nSPS) is 9.60. The topological polar surface area (TPSA) is 85.3 Å². The summed E-state index contributed by atoms with van der Waals surface area (Å²) >= 11 is 0. The number of nitrogens with two attached hydrogens (primary N) is 1. The van der Waals surface area contributed by atoms with Crippen LogP contribution in [0.4, 0.5) is 5.69 Å². The SMILES string of the molecule is COC(=O)c1cccc(Oc2ccc(C#N)cc2)c1N. The molecule has 0 atom stereocenters. The van der Waals surface area contributed by atoms with Crippen molar-refractivity contribution in [3.8, 4) is 17.6 Å². The quantitative estimate of drug-likeness (QED) is 0.683. The molecule has 0 saturated carbocycles. The number of esters is 1. The van der Waals surface area contributed by atoms with Gasteiger partial charge in [0.15, 0.2) is 5.75 Å². The van der Waals surface area contributed by atoms with Crippen molar-refractivity contribution in [2.24, 2.45) is 0 Å². The number of para-hydroxylation sites is 1. The number of hydrogen-bond donors (Lipinski definition) is 1. The third-order valence-corrected chi connectivity index (χ3v) is 2.68. The van der Waals surface area contributed by atoms with Gasteiger partial charge in [-0.05, 0) is 36.4 Å². The second-order valence-corrected chi connectivity index (χ2v) is 3.95. The molecule has 0 fully saturated rings. The predicted octanol–water partition coefficient (Wildman–Crippen LogP) is 2.72. The van der Waals surface area contributed by atoms with Crippen molar-refractivity contribution in [2.75, 3.05) is 12.8 Å². The third kappa shape index (κ3) is 2.70. The van der Waals surface area contributed by atoms with Gasteiger partial charge in [-0.2, -0.15) is 5.26 Å². The van der Waals surface area contributed by atoms with Crippen LogP contribution in [0.1, 0.15) is 15.9 Å². The van der Waals surface area contributed by atoms with Crippen LogP contribution in [0.3, 0.4) is 0 Å². The maximum Gasteiger partial charge on any atom is 0.340 e. The fraction of sp³-hybridized carbons (Fsp3) is 0.0667. The number of methoxy groups -OCH3 is 1. The number of nitrogen functional groups attached to an aromatic ring is 1. The molecule has 2 N–H and O–H groups in total. The van der Waals surface area contributed by atoms with E-state index in [0.717, 1.165) is 0 Å². The van der Waals surface area contributed by atoms with Crippen LogP contribution in [0.2, 0.25) is 0 Å². The summed E-state index contributed by atoms with van der Waals surface area (Å²) in [5.74, 6) is 0.364. The molecule has 0 spiro atoms. The number of ether oxygens (including phenoxy) is 2. The average Bonchev–Trinajstić information content (AvgIpc) is 2.49. The van der Waals surface area contributed by atoms with Gasteiger partial charge >= 0.3 is 5.97 Å². The summed E-state index contributed by atoms with van der Waals surface area (Å²) in [5, 5.41) is 8.72. The Morgan fingerprint density at radius 3 is 2.50 bits per heavy atom. The lowest BCUT2D eigenvalue weighted by molar-refractivity contribution is 0.0601. The number of hydrogen-bond acceptors (Lipinski definition) is 5. The molecule has 0 aliphatic rings. The van der Waals surface area contributed by atoms with Crippen molar-refractivity contribution in [3.63, 3.8) is 0 Å². The Morgan fingerprint density at radius 2 is 1.90 bits per heavy atom. The molecule has 2 rings (SSSR count). The van der Waals surface area contributed by atoms with Crippen molar-refractivity contribution >= 4 is 11.7 Å². The first kappa shape index (κ1) is 13.4. The number of anilines is 1. The van der Waals surface area contributed by atoms with Crippen LogP contribution in [0.25, 0.3) is 0 Å². The standard InChI is InChI=1S/C15H12N2O3/c1-19-15(18)12-3-2-4-13(14(12)17)20-11-7-5-10(9-16)6-8-11/h2-8H,17H2,1H3. The number of rotatable bonds is 3. The van der Waals surface area contributed by atoms with E-state index in [4.69, 9.17) is 15.7 Å². The van der Waals surface area contributed by atoms with Crippen LogP contribution in [-0.2, 0) is 4.74 Å². The van der Waals surface area contributed by atoms with E-state index in [9.17, 15) is 4.79 Å². The molecule has 2 aromatic rings. The van der Waals surface area contributed by atoms with Crippen LogP contribution in [-0.4, -0.2) is 13.1 Å². The van der Waals surface area contributed by atoms with E-state index in [-0.39, 0.29) is 11.3 Å². The lowest BCUT2D eigenvalue weighted by atomic mass is 10.1. The highest BCUT2D eigenvalue weighted by atomic mass is 16.5. The summed E-state index contributed by atoms with van der Waals surface area (Å²) in [6, 6.07) is 13.5. The van der Waals surface area contributed by atoms with Crippen molar-refractivity contribution < 1.29 is 14.3 Å². The molecule has 0 radical (unpaired) electrons. The first-order valence-electron chi connectivity index (χ1n) is 5.80. The minimum absolute atomic E-state index is 0.212. The minimum atomic E-state index is -0.521. The van der Waals surface area contributed by atoms with Crippen molar-refractivity contribution in [3.05, 3.63) is 53.6 Å². The van der Waals surface area contributed by atoms with Crippen LogP contribution >= 0.6 is 0 Å². The molecule has 2 aromatic carbocycles. The second kappa shape index (κ2) is 5.76. The van der Waals surface area contributed by atoms with Crippen LogP contribution < -0.4 is 10.5 Å². The van der Waals surface area contributed by atoms with Gasteiger partial charge in [0.1, 0.15) is 5.75 Å². The van der Waals surface area contributed by atoms with Gasteiger partial charge in [0.2, 0.25) is 0 Å². The monoisotopic (exact) mass is 268 g/mol. The minimum Gasteiger partial charge on any atom is -0.465 e. The Bertz CT molecular complexity index is 673.